The highest BCUT2D eigenvalue weighted by molar-refractivity contribution is 5.74. The monoisotopic (exact) mass is 289 g/mol. The van der Waals surface area contributed by atoms with Gasteiger partial charge in [0.1, 0.15) is 0 Å². The molecule has 1 atom stereocenters. The fourth-order valence-electron chi connectivity index (χ4n) is 3.80. The minimum absolute atomic E-state index is 0.109. The predicted octanol–water partition coefficient (Wildman–Crippen LogP) is 3.33. The molecule has 1 aromatic carbocycles. The minimum Gasteiger partial charge on any atom is -0.408 e. The Hall–Kier alpha value is -1.55. The van der Waals surface area contributed by atoms with Gasteiger partial charge < -0.3 is 9.52 Å². The van der Waals surface area contributed by atoms with Gasteiger partial charge in [-0.1, -0.05) is 33.8 Å². The van der Waals surface area contributed by atoms with Crippen molar-refractivity contribution < 1.29 is 9.52 Å². The lowest BCUT2D eigenvalue weighted by Gasteiger charge is -2.13. The van der Waals surface area contributed by atoms with Crippen LogP contribution < -0.4 is 5.76 Å². The highest BCUT2D eigenvalue weighted by Crippen LogP contribution is 2.72. The van der Waals surface area contributed by atoms with E-state index in [0.717, 1.165) is 11.1 Å². The second kappa shape index (κ2) is 4.23. The van der Waals surface area contributed by atoms with E-state index < -0.39 is 6.10 Å². The van der Waals surface area contributed by atoms with E-state index in [1.807, 2.05) is 19.1 Å². The first kappa shape index (κ1) is 14.4. The second-order valence-corrected chi connectivity index (χ2v) is 7.21. The van der Waals surface area contributed by atoms with Gasteiger partial charge in [-0.2, -0.15) is 0 Å². The van der Waals surface area contributed by atoms with Gasteiger partial charge in [0.15, 0.2) is 5.58 Å². The van der Waals surface area contributed by atoms with Crippen molar-refractivity contribution in [1.82, 2.24) is 4.57 Å². The Morgan fingerprint density at radius 1 is 1.29 bits per heavy atom. The lowest BCUT2D eigenvalue weighted by molar-refractivity contribution is 0.131. The molecule has 1 aliphatic rings. The summed E-state index contributed by atoms with van der Waals surface area (Å²) in [7, 11) is 0. The summed E-state index contributed by atoms with van der Waals surface area (Å²) < 4.78 is 6.87. The summed E-state index contributed by atoms with van der Waals surface area (Å²) in [5, 5.41) is 10.7. The molecule has 4 heteroatoms. The maximum Gasteiger partial charge on any atom is 0.419 e. The van der Waals surface area contributed by atoms with Crippen LogP contribution in [0, 0.1) is 16.7 Å². The minimum atomic E-state index is -0.533. The molecule has 2 aromatic rings. The molecule has 1 aliphatic carbocycles. The number of fused-ring (bicyclic) bond motifs is 1. The molecule has 0 bridgehead atoms. The fraction of sp³-hybridized carbons (Fsp3) is 0.588. The highest BCUT2D eigenvalue weighted by atomic mass is 16.4. The van der Waals surface area contributed by atoms with Crippen molar-refractivity contribution in [3.8, 4) is 0 Å². The molecule has 4 nitrogen and oxygen atoms in total. The van der Waals surface area contributed by atoms with Crippen LogP contribution >= 0.6 is 0 Å². The van der Waals surface area contributed by atoms with Crippen molar-refractivity contribution >= 4 is 11.1 Å². The third-order valence-electron chi connectivity index (χ3n) is 5.80. The molecule has 1 saturated carbocycles. The molecule has 1 aromatic heterocycles. The van der Waals surface area contributed by atoms with Gasteiger partial charge in [0.2, 0.25) is 0 Å². The van der Waals surface area contributed by atoms with Crippen LogP contribution in [0.15, 0.2) is 27.4 Å². The number of aliphatic hydroxyl groups is 1. The molecule has 0 aliphatic heterocycles. The Balaban J connectivity index is 2.01. The first-order valence-electron chi connectivity index (χ1n) is 7.53. The molecule has 3 rings (SSSR count). The molecule has 1 heterocycles. The van der Waals surface area contributed by atoms with Gasteiger partial charge >= 0.3 is 5.76 Å². The van der Waals surface area contributed by atoms with Gasteiger partial charge in [0, 0.05) is 12.5 Å². The Morgan fingerprint density at radius 2 is 1.90 bits per heavy atom. The smallest absolute Gasteiger partial charge is 0.408 e. The SMILES string of the molecule is CCn1c(=O)oc2cc(C(O)C3C(C)(C)C3(C)C)ccc21. The summed E-state index contributed by atoms with van der Waals surface area (Å²) in [6.45, 7) is 11.2. The summed E-state index contributed by atoms with van der Waals surface area (Å²) in [5.41, 5.74) is 2.38. The van der Waals surface area contributed by atoms with E-state index in [9.17, 15) is 9.90 Å². The van der Waals surface area contributed by atoms with Crippen LogP contribution in [0.3, 0.4) is 0 Å². The Kier molecular flexibility index (Phi) is 2.90. The van der Waals surface area contributed by atoms with E-state index >= 15 is 0 Å². The van der Waals surface area contributed by atoms with Crippen LogP contribution in [-0.2, 0) is 6.54 Å². The summed E-state index contributed by atoms with van der Waals surface area (Å²) in [4.78, 5) is 11.7. The molecule has 114 valence electrons. The zero-order valence-corrected chi connectivity index (χ0v) is 13.3. The first-order chi connectivity index (χ1) is 9.71. The van der Waals surface area contributed by atoms with Crippen molar-refractivity contribution in [2.45, 2.75) is 47.3 Å². The zero-order valence-electron chi connectivity index (χ0n) is 13.3. The lowest BCUT2D eigenvalue weighted by atomic mass is 9.99. The average molecular weight is 289 g/mol. The number of hydrogen-bond acceptors (Lipinski definition) is 3. The van der Waals surface area contributed by atoms with E-state index in [0.29, 0.717) is 12.1 Å². The van der Waals surface area contributed by atoms with Crippen LogP contribution in [0.2, 0.25) is 0 Å². The Morgan fingerprint density at radius 3 is 2.43 bits per heavy atom. The van der Waals surface area contributed by atoms with Gasteiger partial charge in [0.05, 0.1) is 11.6 Å². The van der Waals surface area contributed by atoms with Crippen molar-refractivity contribution in [3.05, 3.63) is 34.3 Å². The molecule has 0 spiro atoms. The summed E-state index contributed by atoms with van der Waals surface area (Å²) in [6, 6.07) is 5.57. The predicted molar refractivity (Wildman–Crippen MR) is 82.2 cm³/mol. The van der Waals surface area contributed by atoms with Crippen molar-refractivity contribution in [2.75, 3.05) is 0 Å². The number of benzene rings is 1. The molecule has 1 fully saturated rings. The molecular weight excluding hydrogens is 266 g/mol. The van der Waals surface area contributed by atoms with E-state index in [4.69, 9.17) is 4.42 Å². The summed E-state index contributed by atoms with van der Waals surface area (Å²) >= 11 is 0. The van der Waals surface area contributed by atoms with Gasteiger partial charge in [-0.3, -0.25) is 4.57 Å². The molecule has 1 N–H and O–H groups in total. The Labute approximate surface area is 124 Å². The van der Waals surface area contributed by atoms with E-state index in [1.165, 1.54) is 0 Å². The number of hydrogen-bond donors (Lipinski definition) is 1. The molecular formula is C17H23NO3. The number of oxazole rings is 1. The maximum absolute atomic E-state index is 11.7. The number of aromatic nitrogens is 1. The lowest BCUT2D eigenvalue weighted by Crippen LogP contribution is -2.12. The quantitative estimate of drug-likeness (QED) is 0.943. The standard InChI is InChI=1S/C17H23NO3/c1-6-18-11-8-7-10(9-12(11)21-15(18)20)13(19)14-16(2,3)17(14,4)5/h7-9,13-14,19H,6H2,1-5H3. The van der Waals surface area contributed by atoms with Crippen LogP contribution in [0.4, 0.5) is 0 Å². The average Bonchev–Trinajstić information content (AvgIpc) is 2.67. The molecule has 0 radical (unpaired) electrons. The van der Waals surface area contributed by atoms with Crippen molar-refractivity contribution in [3.63, 3.8) is 0 Å². The molecule has 0 saturated heterocycles. The molecule has 0 amide bonds. The number of nitrogens with zero attached hydrogens (tertiary/aromatic N) is 1. The number of aliphatic hydroxyl groups excluding tert-OH is 1. The fourth-order valence-corrected chi connectivity index (χ4v) is 3.80. The van der Waals surface area contributed by atoms with Crippen molar-refractivity contribution in [2.24, 2.45) is 16.7 Å². The van der Waals surface area contributed by atoms with E-state index in [2.05, 4.69) is 27.7 Å². The zero-order chi connectivity index (χ0) is 15.6. The topological polar surface area (TPSA) is 55.4 Å². The van der Waals surface area contributed by atoms with Gasteiger partial charge in [-0.05, 0) is 35.4 Å². The third-order valence-corrected chi connectivity index (χ3v) is 5.80. The Bertz CT molecular complexity index is 737. The van der Waals surface area contributed by atoms with Gasteiger partial charge in [0.25, 0.3) is 0 Å². The van der Waals surface area contributed by atoms with E-state index in [1.54, 1.807) is 10.6 Å². The van der Waals surface area contributed by atoms with Crippen LogP contribution in [0.1, 0.15) is 46.3 Å². The van der Waals surface area contributed by atoms with E-state index in [-0.39, 0.29) is 22.5 Å². The largest absolute Gasteiger partial charge is 0.419 e. The second-order valence-electron chi connectivity index (χ2n) is 7.21. The van der Waals surface area contributed by atoms with Gasteiger partial charge in [-0.25, -0.2) is 4.79 Å². The van der Waals surface area contributed by atoms with Crippen LogP contribution in [0.25, 0.3) is 11.1 Å². The van der Waals surface area contributed by atoms with Gasteiger partial charge in [-0.15, -0.1) is 0 Å². The number of aryl methyl sites for hydroxylation is 1. The van der Waals surface area contributed by atoms with Crippen LogP contribution in [0.5, 0.6) is 0 Å². The van der Waals surface area contributed by atoms with Crippen LogP contribution in [-0.4, -0.2) is 9.67 Å². The number of rotatable bonds is 3. The third kappa shape index (κ3) is 1.81. The summed E-state index contributed by atoms with van der Waals surface area (Å²) in [5.74, 6) is -0.131. The van der Waals surface area contributed by atoms with Crippen molar-refractivity contribution in [1.29, 1.82) is 0 Å². The molecule has 21 heavy (non-hydrogen) atoms. The first-order valence-corrected chi connectivity index (χ1v) is 7.53. The maximum atomic E-state index is 11.7. The highest BCUT2D eigenvalue weighted by Gasteiger charge is 2.67. The molecule has 1 unspecified atom stereocenters. The summed E-state index contributed by atoms with van der Waals surface area (Å²) in [6.07, 6.45) is -0.533. The normalized spacial score (nSPS) is 21.6.